The molecule has 0 amide bonds. The number of hydrogen-bond acceptors (Lipinski definition) is 8. The highest BCUT2D eigenvalue weighted by molar-refractivity contribution is 5.86. The first-order chi connectivity index (χ1) is 30.8. The van der Waals surface area contributed by atoms with E-state index in [9.17, 15) is 0 Å². The van der Waals surface area contributed by atoms with Crippen LogP contribution in [0.3, 0.4) is 0 Å². The van der Waals surface area contributed by atoms with Gasteiger partial charge in [-0.1, -0.05) is 164 Å². The van der Waals surface area contributed by atoms with Gasteiger partial charge in [-0.3, -0.25) is 0 Å². The second-order valence-electron chi connectivity index (χ2n) is 14.4. The highest BCUT2D eigenvalue weighted by Crippen LogP contribution is 2.42. The Bertz CT molecular complexity index is 2860. The molecule has 9 rings (SSSR count). The fourth-order valence-corrected chi connectivity index (χ4v) is 7.53. The van der Waals surface area contributed by atoms with Gasteiger partial charge in [0.15, 0.2) is 0 Å². The summed E-state index contributed by atoms with van der Waals surface area (Å²) in [6, 6.07) is 64.2. The van der Waals surface area contributed by atoms with E-state index < -0.39 is 0 Å². The molecule has 0 unspecified atom stereocenters. The van der Waals surface area contributed by atoms with Gasteiger partial charge in [0, 0.05) is 28.7 Å². The minimum atomic E-state index is 0.221. The van der Waals surface area contributed by atoms with E-state index in [4.69, 9.17) is 38.9 Å². The third-order valence-corrected chi connectivity index (χ3v) is 10.4. The molecular weight excluding hydrogens is 769 g/mol. The molecule has 0 radical (unpaired) electrons. The van der Waals surface area contributed by atoms with Crippen LogP contribution in [0.4, 0.5) is 17.1 Å². The molecule has 2 aliphatic rings. The number of hydrogen-bond donors (Lipinski definition) is 0. The highest BCUT2D eigenvalue weighted by atomic mass is 16.5. The molecule has 1 aliphatic carbocycles. The Hall–Kier alpha value is -8.02. The smallest absolute Gasteiger partial charge is 0.146 e. The Kier molecular flexibility index (Phi) is 12.3. The quantitative estimate of drug-likeness (QED) is 0.177. The molecule has 0 bridgehead atoms. The lowest BCUT2D eigenvalue weighted by atomic mass is 9.95. The fraction of sp³-hybridized carbons (Fsp3) is 0.111. The van der Waals surface area contributed by atoms with E-state index in [0.29, 0.717) is 46.4 Å². The Morgan fingerprint density at radius 1 is 0.355 bits per heavy atom. The van der Waals surface area contributed by atoms with Crippen molar-refractivity contribution in [3.05, 3.63) is 199 Å². The van der Waals surface area contributed by atoms with Gasteiger partial charge in [0.1, 0.15) is 84.2 Å². The van der Waals surface area contributed by atoms with Crippen LogP contribution in [-0.4, -0.2) is 38.4 Å². The normalized spacial score (nSPS) is 14.2. The van der Waals surface area contributed by atoms with Crippen LogP contribution in [0.15, 0.2) is 213 Å². The van der Waals surface area contributed by atoms with Crippen LogP contribution >= 0.6 is 0 Å². The summed E-state index contributed by atoms with van der Waals surface area (Å²) in [5.41, 5.74) is 10.0. The number of rotatable bonds is 4. The summed E-state index contributed by atoms with van der Waals surface area (Å²) in [5, 5.41) is 0. The van der Waals surface area contributed by atoms with E-state index in [2.05, 4.69) is 30.2 Å². The van der Waals surface area contributed by atoms with Crippen molar-refractivity contribution in [2.75, 3.05) is 26.4 Å². The van der Waals surface area contributed by atoms with E-state index in [0.717, 1.165) is 56.7 Å². The van der Waals surface area contributed by atoms with E-state index in [1.54, 1.807) is 0 Å². The lowest BCUT2D eigenvalue weighted by Crippen LogP contribution is -2.10. The first-order valence-electron chi connectivity index (χ1n) is 20.7. The Morgan fingerprint density at radius 3 is 1.15 bits per heavy atom. The van der Waals surface area contributed by atoms with E-state index in [1.807, 2.05) is 164 Å². The molecule has 0 atom stereocenters. The van der Waals surface area contributed by atoms with E-state index in [-0.39, 0.29) is 26.4 Å². The molecule has 8 heteroatoms. The number of allylic oxidation sites excluding steroid dienone is 3. The summed E-state index contributed by atoms with van der Waals surface area (Å²) < 4.78 is 25.9. The zero-order chi connectivity index (χ0) is 41.8. The SMILES string of the molecule is C1=NC2=C(CCC=C2c2ccccc2)OCCOc2cccc(-c3ccccc3)c2N=C=Nc2c(cccc2-c2ccccc2)OCCOc2cccc(-c3ccccc3)c2N=1. The molecule has 1 heterocycles. The van der Waals surface area contributed by atoms with Gasteiger partial charge in [0.2, 0.25) is 0 Å². The molecule has 0 spiro atoms. The monoisotopic (exact) mass is 810 g/mol. The third kappa shape index (κ3) is 9.08. The second kappa shape index (κ2) is 19.4. The third-order valence-electron chi connectivity index (χ3n) is 10.4. The Morgan fingerprint density at radius 2 is 0.726 bits per heavy atom. The van der Waals surface area contributed by atoms with Crippen molar-refractivity contribution in [2.45, 2.75) is 12.8 Å². The summed E-state index contributed by atoms with van der Waals surface area (Å²) in [4.78, 5) is 19.5. The van der Waals surface area contributed by atoms with Gasteiger partial charge in [-0.15, -0.1) is 0 Å². The summed E-state index contributed by atoms with van der Waals surface area (Å²) >= 11 is 0. The Balaban J connectivity index is 1.15. The first kappa shape index (κ1) is 39.4. The summed E-state index contributed by atoms with van der Waals surface area (Å²) in [5.74, 6) is 2.44. The molecular formula is C54H42N4O4. The number of benzene rings is 7. The van der Waals surface area contributed by atoms with Crippen molar-refractivity contribution in [3.8, 4) is 50.6 Å². The van der Waals surface area contributed by atoms with Crippen molar-refractivity contribution in [3.63, 3.8) is 0 Å². The van der Waals surface area contributed by atoms with Crippen molar-refractivity contribution < 1.29 is 18.9 Å². The molecule has 0 N–H and O–H groups in total. The van der Waals surface area contributed by atoms with Crippen molar-refractivity contribution >= 4 is 34.7 Å². The van der Waals surface area contributed by atoms with E-state index in [1.165, 1.54) is 0 Å². The van der Waals surface area contributed by atoms with Gasteiger partial charge in [0.05, 0.1) is 0 Å². The maximum absolute atomic E-state index is 6.53. The lowest BCUT2D eigenvalue weighted by Gasteiger charge is -2.20. The maximum Gasteiger partial charge on any atom is 0.146 e. The standard InChI is InChI=1S/C54H42N4O4/c1-5-17-39(18-6-1)43-25-13-29-47-51(43)55-37-56-52-44(40-19-7-2-8-20-40)26-14-30-48(52)61-35-36-62-50-32-16-28-46(42-23-11-4-12-24-42)54(50)58-38-57-53-45(41-21-9-3-10-22-41)27-15-31-49(53)60-34-33-59-47/h1-15,17-31H,16,32-36H2. The molecule has 302 valence electrons. The molecule has 7 aromatic carbocycles. The van der Waals surface area contributed by atoms with Crippen LogP contribution in [0.25, 0.3) is 39.0 Å². The van der Waals surface area contributed by atoms with Crippen LogP contribution < -0.4 is 14.2 Å². The van der Waals surface area contributed by atoms with Crippen LogP contribution in [0.1, 0.15) is 18.4 Å². The molecule has 7 aromatic rings. The zero-order valence-electron chi connectivity index (χ0n) is 34.0. The molecule has 0 aromatic heterocycles. The summed E-state index contributed by atoms with van der Waals surface area (Å²) in [6.07, 6.45) is 3.64. The molecule has 8 nitrogen and oxygen atoms in total. The van der Waals surface area contributed by atoms with Gasteiger partial charge in [-0.2, -0.15) is 20.0 Å². The van der Waals surface area contributed by atoms with Gasteiger partial charge < -0.3 is 18.9 Å². The van der Waals surface area contributed by atoms with Crippen LogP contribution in [0.5, 0.6) is 17.2 Å². The average molecular weight is 811 g/mol. The lowest BCUT2D eigenvalue weighted by molar-refractivity contribution is 0.148. The molecule has 0 fully saturated rings. The van der Waals surface area contributed by atoms with Crippen molar-refractivity contribution in [1.82, 2.24) is 0 Å². The van der Waals surface area contributed by atoms with Gasteiger partial charge in [-0.25, -0.2) is 0 Å². The number of fused-ring (bicyclic) bond motifs is 3. The van der Waals surface area contributed by atoms with Gasteiger partial charge in [-0.05, 0) is 46.9 Å². The van der Waals surface area contributed by atoms with E-state index >= 15 is 0 Å². The van der Waals surface area contributed by atoms with Crippen molar-refractivity contribution in [2.24, 2.45) is 20.0 Å². The molecule has 0 saturated carbocycles. The fourth-order valence-electron chi connectivity index (χ4n) is 7.53. The largest absolute Gasteiger partial charge is 0.492 e. The second-order valence-corrected chi connectivity index (χ2v) is 14.4. The average Bonchev–Trinajstić information content (AvgIpc) is 3.33. The number of ether oxygens (including phenoxy) is 4. The Labute approximate surface area is 361 Å². The number of para-hydroxylation sites is 3. The predicted molar refractivity (Wildman–Crippen MR) is 247 cm³/mol. The maximum atomic E-state index is 6.53. The minimum Gasteiger partial charge on any atom is -0.492 e. The highest BCUT2D eigenvalue weighted by Gasteiger charge is 2.20. The molecule has 62 heavy (non-hydrogen) atoms. The topological polar surface area (TPSA) is 86.4 Å². The molecule has 1 aliphatic heterocycles. The minimum absolute atomic E-state index is 0.221. The van der Waals surface area contributed by atoms with Crippen LogP contribution in [0.2, 0.25) is 0 Å². The number of aliphatic imine (C=N–C) groups is 4. The molecule has 0 saturated heterocycles. The van der Waals surface area contributed by atoms with Crippen LogP contribution in [-0.2, 0) is 4.74 Å². The number of nitrogens with zero attached hydrogens (tertiary/aromatic N) is 4. The van der Waals surface area contributed by atoms with Gasteiger partial charge in [0.25, 0.3) is 0 Å². The van der Waals surface area contributed by atoms with Crippen LogP contribution in [0, 0.1) is 0 Å². The first-order valence-corrected chi connectivity index (χ1v) is 20.7. The summed E-state index contributed by atoms with van der Waals surface area (Å²) in [6.45, 7) is 0.954. The predicted octanol–water partition coefficient (Wildman–Crippen LogP) is 13.6. The zero-order valence-corrected chi connectivity index (χ0v) is 34.0. The van der Waals surface area contributed by atoms with Crippen molar-refractivity contribution in [1.29, 1.82) is 0 Å². The van der Waals surface area contributed by atoms with Gasteiger partial charge >= 0.3 is 0 Å². The summed E-state index contributed by atoms with van der Waals surface area (Å²) in [7, 11) is 0.